The summed E-state index contributed by atoms with van der Waals surface area (Å²) in [5.74, 6) is 0. The number of nitriles is 2. The first-order valence-corrected chi connectivity index (χ1v) is 15.4. The molecule has 2 N–H and O–H groups in total. The monoisotopic (exact) mass is 693 g/mol. The van der Waals surface area contributed by atoms with Crippen LogP contribution in [0.5, 0.6) is 0 Å². The van der Waals surface area contributed by atoms with Crippen molar-refractivity contribution in [2.45, 2.75) is 64.1 Å². The minimum Gasteiger partial charge on any atom is -0.383 e. The highest BCUT2D eigenvalue weighted by atomic mass is 19.4. The van der Waals surface area contributed by atoms with Crippen molar-refractivity contribution in [1.29, 1.82) is 10.5 Å². The smallest absolute Gasteiger partial charge is 0.383 e. The van der Waals surface area contributed by atoms with E-state index in [0.29, 0.717) is 33.3 Å². The van der Waals surface area contributed by atoms with Crippen LogP contribution >= 0.6 is 0 Å². The molecule has 1 aliphatic carbocycles. The van der Waals surface area contributed by atoms with Gasteiger partial charge in [-0.05, 0) is 53.5 Å². The van der Waals surface area contributed by atoms with Crippen LogP contribution in [0.25, 0.3) is 21.7 Å². The molecule has 16 heteroatoms. The number of fused-ring (bicyclic) bond motifs is 2. The molecule has 6 rings (SSSR count). The molecule has 0 amide bonds. The molecule has 3 heterocycles. The van der Waals surface area contributed by atoms with Gasteiger partial charge in [-0.2, -0.15) is 36.9 Å². The third-order valence-electron chi connectivity index (χ3n) is 8.53. The van der Waals surface area contributed by atoms with Crippen molar-refractivity contribution in [3.8, 4) is 12.1 Å². The van der Waals surface area contributed by atoms with Crippen molar-refractivity contribution in [3.05, 3.63) is 87.7 Å². The summed E-state index contributed by atoms with van der Waals surface area (Å²) >= 11 is 0. The molecule has 50 heavy (non-hydrogen) atoms. The molecule has 1 unspecified atom stereocenters. The minimum atomic E-state index is -4.66. The van der Waals surface area contributed by atoms with E-state index in [9.17, 15) is 41.7 Å². The molecule has 1 saturated carbocycles. The molecule has 10 nitrogen and oxygen atoms in total. The number of halogens is 6. The Morgan fingerprint density at radius 1 is 0.980 bits per heavy atom. The molecule has 0 spiro atoms. The van der Waals surface area contributed by atoms with Gasteiger partial charge in [0.15, 0.2) is 5.54 Å². The van der Waals surface area contributed by atoms with Crippen LogP contribution in [-0.4, -0.2) is 43.4 Å². The fourth-order valence-corrected chi connectivity index (χ4v) is 5.87. The first kappa shape index (κ1) is 34.2. The molecule has 5 aromatic rings. The number of benzene rings is 2. The molecular weight excluding hydrogens is 664 g/mol. The number of pyridine rings is 2. The number of hydrogen-bond acceptors (Lipinski definition) is 8. The van der Waals surface area contributed by atoms with Gasteiger partial charge in [0, 0.05) is 35.4 Å². The van der Waals surface area contributed by atoms with Gasteiger partial charge >= 0.3 is 12.4 Å². The van der Waals surface area contributed by atoms with Gasteiger partial charge < -0.3 is 15.2 Å². The number of nitrogens with one attached hydrogen (secondary N) is 2. The lowest BCUT2D eigenvalue weighted by atomic mass is 9.96. The fraction of sp³-hybridized carbons (Fsp3) is 0.353. The second-order valence-corrected chi connectivity index (χ2v) is 13.5. The van der Waals surface area contributed by atoms with Gasteiger partial charge in [-0.25, -0.2) is 4.68 Å². The molecule has 0 bridgehead atoms. The molecule has 1 aliphatic rings. The van der Waals surface area contributed by atoms with Crippen LogP contribution in [0.4, 0.5) is 37.7 Å². The first-order valence-electron chi connectivity index (χ1n) is 15.4. The van der Waals surface area contributed by atoms with E-state index in [4.69, 9.17) is 0 Å². The summed E-state index contributed by atoms with van der Waals surface area (Å²) in [5.41, 5.74) is -1.68. The van der Waals surface area contributed by atoms with Crippen LogP contribution in [0.3, 0.4) is 0 Å². The molecule has 1 fully saturated rings. The van der Waals surface area contributed by atoms with E-state index in [-0.39, 0.29) is 51.5 Å². The summed E-state index contributed by atoms with van der Waals surface area (Å²) in [7, 11) is 0. The van der Waals surface area contributed by atoms with Crippen LogP contribution in [0.2, 0.25) is 0 Å². The van der Waals surface area contributed by atoms with Crippen LogP contribution < -0.4 is 16.2 Å². The summed E-state index contributed by atoms with van der Waals surface area (Å²) in [5, 5.41) is 35.0. The van der Waals surface area contributed by atoms with Gasteiger partial charge in [-0.15, -0.1) is 5.10 Å². The zero-order chi connectivity index (χ0) is 36.2. The zero-order valence-corrected chi connectivity index (χ0v) is 26.9. The number of rotatable bonds is 8. The second-order valence-electron chi connectivity index (χ2n) is 13.5. The lowest BCUT2D eigenvalue weighted by Gasteiger charge is -2.23. The number of alkyl halides is 6. The number of hydrogen-bond donors (Lipinski definition) is 2. The number of nitrogens with zero attached hydrogens (tertiary/aromatic N) is 7. The van der Waals surface area contributed by atoms with Crippen LogP contribution in [0.15, 0.2) is 59.8 Å². The average molecular weight is 694 g/mol. The van der Waals surface area contributed by atoms with Gasteiger partial charge in [0.2, 0.25) is 0 Å². The topological polar surface area (TPSA) is 137 Å². The van der Waals surface area contributed by atoms with Gasteiger partial charge in [0.05, 0.1) is 34.6 Å². The zero-order valence-electron chi connectivity index (χ0n) is 26.9. The summed E-state index contributed by atoms with van der Waals surface area (Å²) < 4.78 is 83.1. The Balaban J connectivity index is 1.54. The lowest BCUT2D eigenvalue weighted by molar-refractivity contribution is -0.183. The van der Waals surface area contributed by atoms with Crippen molar-refractivity contribution in [2.75, 3.05) is 17.2 Å². The van der Waals surface area contributed by atoms with Crippen LogP contribution in [0, 0.1) is 28.1 Å². The van der Waals surface area contributed by atoms with Crippen molar-refractivity contribution in [1.82, 2.24) is 24.5 Å². The second kappa shape index (κ2) is 12.0. The largest absolute Gasteiger partial charge is 0.413 e. The first-order chi connectivity index (χ1) is 23.4. The van der Waals surface area contributed by atoms with Gasteiger partial charge in [-0.1, -0.05) is 38.1 Å². The maximum Gasteiger partial charge on any atom is 0.413 e. The van der Waals surface area contributed by atoms with E-state index >= 15 is 0 Å². The number of anilines is 2. The Morgan fingerprint density at radius 2 is 1.70 bits per heavy atom. The highest BCUT2D eigenvalue weighted by Gasteiger charge is 2.66. The van der Waals surface area contributed by atoms with E-state index in [0.717, 1.165) is 17.1 Å². The Hall–Kier alpha value is -5.64. The lowest BCUT2D eigenvalue weighted by Crippen LogP contribution is -2.35. The maximum atomic E-state index is 14.1. The average Bonchev–Trinajstić information content (AvgIpc) is 3.73. The van der Waals surface area contributed by atoms with Gasteiger partial charge in [-0.3, -0.25) is 9.78 Å². The predicted molar refractivity (Wildman–Crippen MR) is 172 cm³/mol. The summed E-state index contributed by atoms with van der Waals surface area (Å²) in [4.78, 5) is 17.5. The van der Waals surface area contributed by atoms with Crippen LogP contribution in [-0.2, 0) is 12.1 Å². The predicted octanol–water partition coefficient (Wildman–Crippen LogP) is 7.16. The summed E-state index contributed by atoms with van der Waals surface area (Å²) in [6.45, 7) is 4.92. The Labute approximate surface area is 280 Å². The van der Waals surface area contributed by atoms with Crippen molar-refractivity contribution in [3.63, 3.8) is 0 Å². The van der Waals surface area contributed by atoms with E-state index in [1.54, 1.807) is 12.1 Å². The molecule has 0 aliphatic heterocycles. The van der Waals surface area contributed by atoms with E-state index < -0.39 is 36.0 Å². The highest BCUT2D eigenvalue weighted by molar-refractivity contribution is 5.99. The SMILES string of the molecule is CC(C)(C)CNc1c(C#N)cnc2c(C#N)cc(NC(c3cn(C4(C(F)(F)F)CC4)nn3)c3cccc4c(=O)n(CC(F)(F)F)ccc34)cc12. The minimum absolute atomic E-state index is 0.0149. The van der Waals surface area contributed by atoms with E-state index in [2.05, 4.69) is 38.1 Å². The Kier molecular flexibility index (Phi) is 8.25. The van der Waals surface area contributed by atoms with E-state index in [1.807, 2.05) is 20.8 Å². The summed E-state index contributed by atoms with van der Waals surface area (Å²) in [6, 6.07) is 11.9. The van der Waals surface area contributed by atoms with E-state index in [1.165, 1.54) is 30.5 Å². The molecule has 3 aromatic heterocycles. The molecular formula is C34H29F6N9O. The Bertz CT molecular complexity index is 2270. The highest BCUT2D eigenvalue weighted by Crippen LogP contribution is 2.55. The fourth-order valence-electron chi connectivity index (χ4n) is 5.87. The quantitative estimate of drug-likeness (QED) is 0.164. The van der Waals surface area contributed by atoms with Crippen molar-refractivity contribution >= 4 is 33.1 Å². The van der Waals surface area contributed by atoms with Gasteiger partial charge in [0.25, 0.3) is 5.56 Å². The molecule has 1 atom stereocenters. The number of aromatic nitrogens is 5. The normalized spacial score (nSPS) is 15.0. The standard InChI is InChI=1S/C34H29F6N9O/c1-31(2,3)17-44-28-20(14-42)15-43-27-19(13-41)11-21(12-25(27)28)45-29(26-16-49(47-46-26)32(8-9-32)34(38,39)40)23-5-4-6-24-22(23)7-10-48(30(24)50)18-33(35,36)37/h4-7,10-12,15-16,29,45H,8-9,17-18H2,1-3H3,(H,43,44). The molecule has 258 valence electrons. The summed E-state index contributed by atoms with van der Waals surface area (Å²) in [6.07, 6.45) is -6.14. The van der Waals surface area contributed by atoms with Gasteiger partial charge in [0.1, 0.15) is 24.4 Å². The van der Waals surface area contributed by atoms with Crippen molar-refractivity contribution < 1.29 is 26.3 Å². The third-order valence-corrected chi connectivity index (χ3v) is 8.53. The molecule has 0 radical (unpaired) electrons. The molecule has 0 saturated heterocycles. The van der Waals surface area contributed by atoms with Crippen molar-refractivity contribution in [2.24, 2.45) is 5.41 Å². The van der Waals surface area contributed by atoms with Crippen LogP contribution in [0.1, 0.15) is 62.0 Å². The maximum absolute atomic E-state index is 14.1. The molecule has 2 aromatic carbocycles. The Morgan fingerprint density at radius 3 is 2.32 bits per heavy atom. The third kappa shape index (κ3) is 6.41.